The molecule has 0 radical (unpaired) electrons. The van der Waals surface area contributed by atoms with E-state index in [1.54, 1.807) is 24.3 Å². The molecule has 1 unspecified atom stereocenters. The van der Waals surface area contributed by atoms with Crippen LogP contribution < -0.4 is 0 Å². The lowest BCUT2D eigenvalue weighted by atomic mass is 10.2. The number of aromatic carboxylic acids is 1. The van der Waals surface area contributed by atoms with Crippen LogP contribution in [0.4, 0.5) is 0 Å². The van der Waals surface area contributed by atoms with Crippen molar-refractivity contribution < 1.29 is 14.1 Å². The van der Waals surface area contributed by atoms with E-state index in [9.17, 15) is 9.00 Å². The van der Waals surface area contributed by atoms with Gasteiger partial charge in [-0.2, -0.15) is 0 Å². The molecule has 0 saturated carbocycles. The van der Waals surface area contributed by atoms with Gasteiger partial charge in [0.05, 0.1) is 11.4 Å². The molecular formula is C13H11ClN2O3S. The van der Waals surface area contributed by atoms with Gasteiger partial charge in [0.2, 0.25) is 0 Å². The summed E-state index contributed by atoms with van der Waals surface area (Å²) in [6.07, 6.45) is 2.46. The van der Waals surface area contributed by atoms with E-state index in [1.165, 1.54) is 12.5 Å². The van der Waals surface area contributed by atoms with Crippen LogP contribution in [0.15, 0.2) is 36.8 Å². The minimum absolute atomic E-state index is 0.0167. The number of hydrogen-bond acceptors (Lipinski definition) is 4. The van der Waals surface area contributed by atoms with E-state index in [1.807, 2.05) is 0 Å². The van der Waals surface area contributed by atoms with Crippen LogP contribution in [0.1, 0.15) is 21.6 Å². The number of carboxylic acids is 1. The summed E-state index contributed by atoms with van der Waals surface area (Å²) in [5, 5.41) is 9.62. The second-order valence-corrected chi connectivity index (χ2v) is 5.94. The highest BCUT2D eigenvalue weighted by Gasteiger charge is 2.14. The van der Waals surface area contributed by atoms with Gasteiger partial charge in [0.1, 0.15) is 11.9 Å². The average molecular weight is 311 g/mol. The fourth-order valence-corrected chi connectivity index (χ4v) is 2.95. The van der Waals surface area contributed by atoms with Gasteiger partial charge in [-0.15, -0.1) is 0 Å². The highest BCUT2D eigenvalue weighted by atomic mass is 35.5. The standard InChI is InChI=1S/C13H11ClN2O3S/c14-10-3-1-9(2-4-10)6-20(19)7-12-11(13(17)18)5-15-8-16-12/h1-5,8H,6-7H2,(H,17,18). The first-order valence-electron chi connectivity index (χ1n) is 5.68. The zero-order valence-electron chi connectivity index (χ0n) is 10.3. The van der Waals surface area contributed by atoms with Crippen molar-refractivity contribution in [1.29, 1.82) is 0 Å². The molecule has 1 heterocycles. The minimum Gasteiger partial charge on any atom is -0.478 e. The first kappa shape index (κ1) is 14.6. The molecule has 20 heavy (non-hydrogen) atoms. The Hall–Kier alpha value is -1.79. The molecule has 0 amide bonds. The van der Waals surface area contributed by atoms with Crippen LogP contribution in [0.5, 0.6) is 0 Å². The van der Waals surface area contributed by atoms with E-state index in [-0.39, 0.29) is 17.0 Å². The molecule has 0 saturated heterocycles. The first-order valence-corrected chi connectivity index (χ1v) is 7.54. The zero-order valence-corrected chi connectivity index (χ0v) is 11.9. The molecule has 2 aromatic rings. The van der Waals surface area contributed by atoms with Crippen molar-refractivity contribution in [2.24, 2.45) is 0 Å². The number of aromatic nitrogens is 2. The van der Waals surface area contributed by atoms with Gasteiger partial charge >= 0.3 is 5.97 Å². The molecule has 0 aliphatic carbocycles. The Labute approximate surface area is 123 Å². The first-order chi connectivity index (χ1) is 9.56. The van der Waals surface area contributed by atoms with E-state index in [0.29, 0.717) is 10.8 Å². The van der Waals surface area contributed by atoms with Crippen molar-refractivity contribution in [2.75, 3.05) is 0 Å². The molecule has 1 aromatic carbocycles. The molecule has 1 atom stereocenters. The lowest BCUT2D eigenvalue weighted by molar-refractivity contribution is 0.0695. The smallest absolute Gasteiger partial charge is 0.339 e. The lowest BCUT2D eigenvalue weighted by Gasteiger charge is -2.05. The van der Waals surface area contributed by atoms with Gasteiger partial charge in [0.25, 0.3) is 0 Å². The molecule has 1 aromatic heterocycles. The van der Waals surface area contributed by atoms with Crippen molar-refractivity contribution in [3.8, 4) is 0 Å². The van der Waals surface area contributed by atoms with Crippen LogP contribution in [0.25, 0.3) is 0 Å². The van der Waals surface area contributed by atoms with Crippen molar-refractivity contribution in [2.45, 2.75) is 11.5 Å². The number of benzene rings is 1. The summed E-state index contributed by atoms with van der Waals surface area (Å²) in [5.41, 5.74) is 1.13. The van der Waals surface area contributed by atoms with E-state index < -0.39 is 16.8 Å². The maximum absolute atomic E-state index is 12.1. The lowest BCUT2D eigenvalue weighted by Crippen LogP contribution is -2.09. The Kier molecular flexibility index (Phi) is 4.81. The van der Waals surface area contributed by atoms with Gasteiger partial charge < -0.3 is 5.11 Å². The Morgan fingerprint density at radius 1 is 1.25 bits per heavy atom. The normalized spacial score (nSPS) is 12.1. The minimum atomic E-state index is -1.25. The number of carbonyl (C=O) groups is 1. The molecule has 0 spiro atoms. The Balaban J connectivity index is 2.08. The summed E-state index contributed by atoms with van der Waals surface area (Å²) in [4.78, 5) is 18.6. The van der Waals surface area contributed by atoms with E-state index in [0.717, 1.165) is 5.56 Å². The summed E-state index contributed by atoms with van der Waals surface area (Å²) in [6.45, 7) is 0. The second kappa shape index (κ2) is 6.58. The fourth-order valence-electron chi connectivity index (χ4n) is 1.62. The molecule has 104 valence electrons. The van der Waals surface area contributed by atoms with Crippen LogP contribution in [0, 0.1) is 0 Å². The maximum atomic E-state index is 12.1. The largest absolute Gasteiger partial charge is 0.478 e. The third-order valence-electron chi connectivity index (χ3n) is 2.56. The monoisotopic (exact) mass is 310 g/mol. The van der Waals surface area contributed by atoms with Crippen molar-refractivity contribution in [3.63, 3.8) is 0 Å². The second-order valence-electron chi connectivity index (χ2n) is 4.04. The topological polar surface area (TPSA) is 80.2 Å². The van der Waals surface area contributed by atoms with Crippen LogP contribution >= 0.6 is 11.6 Å². The highest BCUT2D eigenvalue weighted by molar-refractivity contribution is 7.83. The predicted molar refractivity (Wildman–Crippen MR) is 76.0 cm³/mol. The number of rotatable bonds is 5. The molecule has 0 aliphatic rings. The Bertz CT molecular complexity index is 646. The molecule has 2 rings (SSSR count). The third kappa shape index (κ3) is 3.85. The average Bonchev–Trinajstić information content (AvgIpc) is 2.41. The zero-order chi connectivity index (χ0) is 14.5. The predicted octanol–water partition coefficient (Wildman–Crippen LogP) is 2.28. The maximum Gasteiger partial charge on any atom is 0.339 e. The van der Waals surface area contributed by atoms with Gasteiger partial charge in [-0.05, 0) is 17.7 Å². The molecule has 7 heteroatoms. The molecule has 0 fully saturated rings. The Morgan fingerprint density at radius 2 is 1.95 bits per heavy atom. The number of nitrogens with zero attached hydrogens (tertiary/aromatic N) is 2. The van der Waals surface area contributed by atoms with Gasteiger partial charge in [0.15, 0.2) is 0 Å². The van der Waals surface area contributed by atoms with E-state index >= 15 is 0 Å². The van der Waals surface area contributed by atoms with Crippen LogP contribution in [-0.2, 0) is 22.3 Å². The molecule has 1 N–H and O–H groups in total. The quantitative estimate of drug-likeness (QED) is 0.916. The van der Waals surface area contributed by atoms with Crippen molar-refractivity contribution in [3.05, 3.63) is 58.6 Å². The van der Waals surface area contributed by atoms with Crippen molar-refractivity contribution in [1.82, 2.24) is 9.97 Å². The summed E-state index contributed by atoms with van der Waals surface area (Å²) in [7, 11) is -1.25. The van der Waals surface area contributed by atoms with Crippen LogP contribution in [0.3, 0.4) is 0 Å². The van der Waals surface area contributed by atoms with Gasteiger partial charge in [0, 0.05) is 27.8 Å². The van der Waals surface area contributed by atoms with Crippen LogP contribution in [-0.4, -0.2) is 25.3 Å². The third-order valence-corrected chi connectivity index (χ3v) is 4.07. The van der Waals surface area contributed by atoms with E-state index in [4.69, 9.17) is 16.7 Å². The molecule has 0 bridgehead atoms. The molecule has 0 aliphatic heterocycles. The number of carboxylic acid groups (broad SMARTS) is 1. The van der Waals surface area contributed by atoms with E-state index in [2.05, 4.69) is 9.97 Å². The van der Waals surface area contributed by atoms with Crippen molar-refractivity contribution >= 4 is 28.4 Å². The molecular weight excluding hydrogens is 300 g/mol. The molecule has 5 nitrogen and oxygen atoms in total. The van der Waals surface area contributed by atoms with Gasteiger partial charge in [-0.1, -0.05) is 23.7 Å². The summed E-state index contributed by atoms with van der Waals surface area (Å²) >= 11 is 5.78. The van der Waals surface area contributed by atoms with Gasteiger partial charge in [-0.25, -0.2) is 14.8 Å². The highest BCUT2D eigenvalue weighted by Crippen LogP contribution is 2.13. The summed E-state index contributed by atoms with van der Waals surface area (Å²) in [5.74, 6) is -0.725. The number of halogens is 1. The Morgan fingerprint density at radius 3 is 2.60 bits per heavy atom. The number of hydrogen-bond donors (Lipinski definition) is 1. The summed E-state index contributed by atoms with van der Waals surface area (Å²) < 4.78 is 12.1. The van der Waals surface area contributed by atoms with Crippen LogP contribution in [0.2, 0.25) is 5.02 Å². The van der Waals surface area contributed by atoms with Gasteiger partial charge in [-0.3, -0.25) is 4.21 Å². The summed E-state index contributed by atoms with van der Waals surface area (Å²) in [6, 6.07) is 7.03. The SMILES string of the molecule is O=C(O)c1cncnc1CS(=O)Cc1ccc(Cl)cc1. The fraction of sp³-hybridized carbons (Fsp3) is 0.154.